The third-order valence-electron chi connectivity index (χ3n) is 2.93. The number of aromatic nitrogens is 5. The fourth-order valence-electron chi connectivity index (χ4n) is 1.62. The minimum absolute atomic E-state index is 0.0591. The molecule has 0 fully saturated rings. The predicted molar refractivity (Wildman–Crippen MR) is 67.7 cm³/mol. The van der Waals surface area contributed by atoms with Crippen molar-refractivity contribution in [2.24, 2.45) is 0 Å². The monoisotopic (exact) mass is 263 g/mol. The maximum absolute atomic E-state index is 11.2. The van der Waals surface area contributed by atoms with Crippen molar-refractivity contribution < 1.29 is 9.53 Å². The second-order valence-corrected chi connectivity index (χ2v) is 4.30. The summed E-state index contributed by atoms with van der Waals surface area (Å²) in [5.41, 5.74) is 0.876. The highest BCUT2D eigenvalue weighted by molar-refractivity contribution is 5.84. The van der Waals surface area contributed by atoms with Crippen LogP contribution < -0.4 is 0 Å². The van der Waals surface area contributed by atoms with Crippen molar-refractivity contribution in [1.82, 2.24) is 24.5 Å². The Morgan fingerprint density at radius 3 is 2.95 bits per heavy atom. The van der Waals surface area contributed by atoms with Crippen LogP contribution in [0.5, 0.6) is 0 Å². The summed E-state index contributed by atoms with van der Waals surface area (Å²) in [5.74, 6) is -0.479. The van der Waals surface area contributed by atoms with E-state index in [1.807, 2.05) is 16.9 Å². The Labute approximate surface area is 111 Å². The number of carbonyl (C=O) groups excluding carboxylic acids is 1. The number of nitrogens with zero attached hydrogens (tertiary/aromatic N) is 5. The number of methoxy groups -OCH3 is 1. The van der Waals surface area contributed by atoms with Crippen molar-refractivity contribution in [1.29, 1.82) is 0 Å². The van der Waals surface area contributed by atoms with Crippen molar-refractivity contribution in [2.45, 2.75) is 32.9 Å². The maximum Gasteiger partial charge on any atom is 0.377 e. The summed E-state index contributed by atoms with van der Waals surface area (Å²) in [6.07, 6.45) is 4.47. The van der Waals surface area contributed by atoms with E-state index >= 15 is 0 Å². The molecule has 1 atom stereocenters. The third kappa shape index (κ3) is 2.98. The SMILES string of the molecule is CCC(C)n1ccc(Cn2cnc(C(=O)OC)n2)n1. The van der Waals surface area contributed by atoms with Crippen LogP contribution in [0.25, 0.3) is 0 Å². The first-order valence-corrected chi connectivity index (χ1v) is 6.15. The van der Waals surface area contributed by atoms with Gasteiger partial charge in [-0.25, -0.2) is 14.5 Å². The Kier molecular flexibility index (Phi) is 3.94. The van der Waals surface area contributed by atoms with E-state index in [-0.39, 0.29) is 5.82 Å². The molecule has 0 N–H and O–H groups in total. The zero-order valence-corrected chi connectivity index (χ0v) is 11.3. The average Bonchev–Trinajstić information content (AvgIpc) is 3.07. The second kappa shape index (κ2) is 5.64. The first-order valence-electron chi connectivity index (χ1n) is 6.15. The van der Waals surface area contributed by atoms with Crippen LogP contribution in [0.4, 0.5) is 0 Å². The lowest BCUT2D eigenvalue weighted by molar-refractivity contribution is 0.0586. The number of hydrogen-bond acceptors (Lipinski definition) is 5. The number of rotatable bonds is 5. The summed E-state index contributed by atoms with van der Waals surface area (Å²) in [4.78, 5) is 15.1. The zero-order valence-electron chi connectivity index (χ0n) is 11.3. The van der Waals surface area contributed by atoms with Crippen LogP contribution in [0.3, 0.4) is 0 Å². The second-order valence-electron chi connectivity index (χ2n) is 4.30. The number of carbonyl (C=O) groups is 1. The molecule has 0 bridgehead atoms. The molecule has 2 aromatic heterocycles. The van der Waals surface area contributed by atoms with Crippen LogP contribution in [0, 0.1) is 0 Å². The average molecular weight is 263 g/mol. The zero-order chi connectivity index (χ0) is 13.8. The number of ether oxygens (including phenoxy) is 1. The molecule has 0 spiro atoms. The highest BCUT2D eigenvalue weighted by Crippen LogP contribution is 2.09. The van der Waals surface area contributed by atoms with Gasteiger partial charge in [0.05, 0.1) is 19.3 Å². The van der Waals surface area contributed by atoms with Crippen LogP contribution in [0.2, 0.25) is 0 Å². The summed E-state index contributed by atoms with van der Waals surface area (Å²) in [6.45, 7) is 4.71. The van der Waals surface area contributed by atoms with E-state index in [4.69, 9.17) is 0 Å². The largest absolute Gasteiger partial charge is 0.463 e. The van der Waals surface area contributed by atoms with Crippen LogP contribution in [-0.2, 0) is 11.3 Å². The lowest BCUT2D eigenvalue weighted by Crippen LogP contribution is -2.08. The minimum atomic E-state index is -0.538. The van der Waals surface area contributed by atoms with E-state index in [0.717, 1.165) is 12.1 Å². The van der Waals surface area contributed by atoms with Crippen molar-refractivity contribution in [3.63, 3.8) is 0 Å². The summed E-state index contributed by atoms with van der Waals surface area (Å²) < 4.78 is 8.04. The van der Waals surface area contributed by atoms with Gasteiger partial charge in [0.2, 0.25) is 0 Å². The molecule has 1 unspecified atom stereocenters. The van der Waals surface area contributed by atoms with Gasteiger partial charge < -0.3 is 4.74 Å². The van der Waals surface area contributed by atoms with Gasteiger partial charge in [0.25, 0.3) is 5.82 Å². The maximum atomic E-state index is 11.2. The lowest BCUT2D eigenvalue weighted by atomic mass is 10.3. The molecule has 102 valence electrons. The Morgan fingerprint density at radius 1 is 1.47 bits per heavy atom. The van der Waals surface area contributed by atoms with Gasteiger partial charge in [0.15, 0.2) is 0 Å². The van der Waals surface area contributed by atoms with E-state index < -0.39 is 5.97 Å². The van der Waals surface area contributed by atoms with Gasteiger partial charge >= 0.3 is 5.97 Å². The van der Waals surface area contributed by atoms with Gasteiger partial charge in [0.1, 0.15) is 6.33 Å². The molecule has 0 aliphatic rings. The Morgan fingerprint density at radius 2 is 2.26 bits per heavy atom. The fraction of sp³-hybridized carbons (Fsp3) is 0.500. The van der Waals surface area contributed by atoms with E-state index in [1.54, 1.807) is 4.68 Å². The van der Waals surface area contributed by atoms with E-state index in [1.165, 1.54) is 13.4 Å². The molecule has 0 saturated heterocycles. The van der Waals surface area contributed by atoms with Crippen LogP contribution in [0.15, 0.2) is 18.6 Å². The highest BCUT2D eigenvalue weighted by Gasteiger charge is 2.12. The summed E-state index contributed by atoms with van der Waals surface area (Å²) in [7, 11) is 1.30. The lowest BCUT2D eigenvalue weighted by Gasteiger charge is -2.07. The first kappa shape index (κ1) is 13.3. The molecule has 0 aliphatic heterocycles. The Hall–Kier alpha value is -2.18. The molecule has 19 heavy (non-hydrogen) atoms. The topological polar surface area (TPSA) is 74.8 Å². The molecule has 7 nitrogen and oxygen atoms in total. The molecular weight excluding hydrogens is 246 g/mol. The van der Waals surface area contributed by atoms with Crippen LogP contribution in [0.1, 0.15) is 42.6 Å². The summed E-state index contributed by atoms with van der Waals surface area (Å²) >= 11 is 0. The normalized spacial score (nSPS) is 12.4. The molecular formula is C12H17N5O2. The van der Waals surface area contributed by atoms with Crippen molar-refractivity contribution in [3.05, 3.63) is 30.1 Å². The van der Waals surface area contributed by atoms with Crippen LogP contribution in [-0.4, -0.2) is 37.6 Å². The van der Waals surface area contributed by atoms with Crippen molar-refractivity contribution in [3.8, 4) is 0 Å². The fourth-order valence-corrected chi connectivity index (χ4v) is 1.62. The molecule has 0 aromatic carbocycles. The summed E-state index contributed by atoms with van der Waals surface area (Å²) in [5, 5.41) is 8.49. The van der Waals surface area contributed by atoms with E-state index in [0.29, 0.717) is 12.6 Å². The molecule has 7 heteroatoms. The van der Waals surface area contributed by atoms with Gasteiger partial charge in [-0.15, -0.1) is 5.10 Å². The first-order chi connectivity index (χ1) is 9.13. The van der Waals surface area contributed by atoms with Gasteiger partial charge in [-0.1, -0.05) is 6.92 Å². The molecule has 0 radical (unpaired) electrons. The molecule has 2 rings (SSSR count). The Balaban J connectivity index is 2.07. The minimum Gasteiger partial charge on any atom is -0.463 e. The van der Waals surface area contributed by atoms with Gasteiger partial charge in [0, 0.05) is 12.2 Å². The molecule has 0 saturated carbocycles. The Bertz CT molecular complexity index is 560. The van der Waals surface area contributed by atoms with Crippen molar-refractivity contribution in [2.75, 3.05) is 7.11 Å². The predicted octanol–water partition coefficient (Wildman–Crippen LogP) is 1.28. The van der Waals surface area contributed by atoms with Crippen molar-refractivity contribution >= 4 is 5.97 Å². The molecule has 2 aromatic rings. The van der Waals surface area contributed by atoms with Crippen LogP contribution >= 0.6 is 0 Å². The van der Waals surface area contributed by atoms with Gasteiger partial charge in [-0.3, -0.25) is 4.68 Å². The van der Waals surface area contributed by atoms with Gasteiger partial charge in [-0.2, -0.15) is 5.10 Å². The number of esters is 1. The van der Waals surface area contributed by atoms with Gasteiger partial charge in [-0.05, 0) is 19.4 Å². The quantitative estimate of drug-likeness (QED) is 0.760. The molecule has 2 heterocycles. The standard InChI is InChI=1S/C12H17N5O2/c1-4-9(2)17-6-5-10(14-17)7-16-8-13-11(15-16)12(18)19-3/h5-6,8-9H,4,7H2,1-3H3. The summed E-state index contributed by atoms with van der Waals surface area (Å²) in [6, 6.07) is 2.31. The number of hydrogen-bond donors (Lipinski definition) is 0. The smallest absolute Gasteiger partial charge is 0.377 e. The van der Waals surface area contributed by atoms with E-state index in [9.17, 15) is 4.79 Å². The van der Waals surface area contributed by atoms with E-state index in [2.05, 4.69) is 33.8 Å². The molecule has 0 aliphatic carbocycles. The highest BCUT2D eigenvalue weighted by atomic mass is 16.5. The third-order valence-corrected chi connectivity index (χ3v) is 2.93. The molecule has 0 amide bonds.